The number of piperazine rings is 1. The summed E-state index contributed by atoms with van der Waals surface area (Å²) >= 11 is 1.56. The summed E-state index contributed by atoms with van der Waals surface area (Å²) in [7, 11) is 0. The highest BCUT2D eigenvalue weighted by Crippen LogP contribution is 2.22. The monoisotopic (exact) mass is 282 g/mol. The van der Waals surface area contributed by atoms with E-state index in [-0.39, 0.29) is 5.91 Å². The molecule has 0 radical (unpaired) electrons. The number of nitrogens with zero attached hydrogens (tertiary/aromatic N) is 2. The Morgan fingerprint density at radius 2 is 2.42 bits per heavy atom. The highest BCUT2D eigenvalue weighted by atomic mass is 32.1. The number of aromatic nitrogens is 1. The van der Waals surface area contributed by atoms with Crippen LogP contribution in [0.25, 0.3) is 0 Å². The maximum Gasteiger partial charge on any atom is 0.240 e. The fourth-order valence-electron chi connectivity index (χ4n) is 2.27. The molecular formula is C13H22N4OS. The lowest BCUT2D eigenvalue weighted by Crippen LogP contribution is -2.51. The Hall–Kier alpha value is -0.980. The smallest absolute Gasteiger partial charge is 0.240 e. The van der Waals surface area contributed by atoms with Crippen LogP contribution in [0.1, 0.15) is 24.4 Å². The molecule has 0 bridgehead atoms. The molecule has 106 valence electrons. The van der Waals surface area contributed by atoms with Crippen molar-refractivity contribution < 1.29 is 4.79 Å². The van der Waals surface area contributed by atoms with Gasteiger partial charge in [0, 0.05) is 30.6 Å². The Kier molecular flexibility index (Phi) is 4.90. The molecule has 0 aromatic carbocycles. The molecule has 0 saturated carbocycles. The Morgan fingerprint density at radius 3 is 3.05 bits per heavy atom. The van der Waals surface area contributed by atoms with E-state index in [1.165, 1.54) is 4.88 Å². The standard InChI is InChI=1S/C13H22N4OS/c1-4-11-10(3)19-13(15-11)16-12(18)8-17-6-5-14-7-9(17)2/h9,14H,4-8H2,1-3H3,(H,15,16,18)/t9-/m1/s1. The van der Waals surface area contributed by atoms with E-state index in [9.17, 15) is 4.79 Å². The molecule has 1 saturated heterocycles. The van der Waals surface area contributed by atoms with E-state index >= 15 is 0 Å². The first kappa shape index (κ1) is 14.4. The van der Waals surface area contributed by atoms with Crippen LogP contribution in [-0.4, -0.2) is 48.0 Å². The zero-order chi connectivity index (χ0) is 13.8. The molecule has 2 N–H and O–H groups in total. The van der Waals surface area contributed by atoms with Gasteiger partial charge in [-0.1, -0.05) is 6.92 Å². The van der Waals surface area contributed by atoms with Gasteiger partial charge in [-0.2, -0.15) is 0 Å². The fourth-order valence-corrected chi connectivity index (χ4v) is 3.19. The molecule has 1 aromatic rings. The first-order valence-corrected chi connectivity index (χ1v) is 7.62. The van der Waals surface area contributed by atoms with Gasteiger partial charge in [0.2, 0.25) is 5.91 Å². The molecule has 19 heavy (non-hydrogen) atoms. The van der Waals surface area contributed by atoms with Crippen molar-refractivity contribution in [1.82, 2.24) is 15.2 Å². The number of hydrogen-bond donors (Lipinski definition) is 2. The van der Waals surface area contributed by atoms with Crippen molar-refractivity contribution in [2.75, 3.05) is 31.5 Å². The van der Waals surface area contributed by atoms with E-state index in [2.05, 4.69) is 34.4 Å². The average Bonchev–Trinajstić information content (AvgIpc) is 2.72. The molecule has 1 fully saturated rings. The van der Waals surface area contributed by atoms with Gasteiger partial charge in [0.05, 0.1) is 12.2 Å². The number of carbonyl (C=O) groups is 1. The summed E-state index contributed by atoms with van der Waals surface area (Å²) in [6, 6.07) is 0.406. The molecule has 1 aliphatic rings. The second-order valence-electron chi connectivity index (χ2n) is 4.95. The van der Waals surface area contributed by atoms with Crippen molar-refractivity contribution in [1.29, 1.82) is 0 Å². The molecule has 0 aliphatic carbocycles. The first-order valence-electron chi connectivity index (χ1n) is 6.81. The van der Waals surface area contributed by atoms with Gasteiger partial charge in [-0.3, -0.25) is 9.69 Å². The predicted molar refractivity (Wildman–Crippen MR) is 78.8 cm³/mol. The van der Waals surface area contributed by atoms with Crippen LogP contribution in [-0.2, 0) is 11.2 Å². The van der Waals surface area contributed by atoms with E-state index < -0.39 is 0 Å². The zero-order valence-electron chi connectivity index (χ0n) is 11.8. The third-order valence-corrected chi connectivity index (χ3v) is 4.39. The minimum atomic E-state index is 0.0325. The van der Waals surface area contributed by atoms with Crippen molar-refractivity contribution in [3.63, 3.8) is 0 Å². The third-order valence-electron chi connectivity index (χ3n) is 3.46. The summed E-state index contributed by atoms with van der Waals surface area (Å²) < 4.78 is 0. The summed E-state index contributed by atoms with van der Waals surface area (Å²) in [4.78, 5) is 19.9. The first-order chi connectivity index (χ1) is 9.10. The van der Waals surface area contributed by atoms with E-state index in [1.807, 2.05) is 6.92 Å². The van der Waals surface area contributed by atoms with Crippen molar-refractivity contribution in [2.24, 2.45) is 0 Å². The third kappa shape index (κ3) is 3.75. The maximum atomic E-state index is 12.0. The van der Waals surface area contributed by atoms with Crippen LogP contribution in [0.15, 0.2) is 0 Å². The average molecular weight is 282 g/mol. The summed E-state index contributed by atoms with van der Waals surface area (Å²) in [5.41, 5.74) is 1.08. The molecule has 2 heterocycles. The molecule has 0 spiro atoms. The van der Waals surface area contributed by atoms with Gasteiger partial charge < -0.3 is 10.6 Å². The van der Waals surface area contributed by atoms with Crippen LogP contribution < -0.4 is 10.6 Å². The van der Waals surface area contributed by atoms with Crippen LogP contribution in [0, 0.1) is 6.92 Å². The molecule has 1 aromatic heterocycles. The van der Waals surface area contributed by atoms with Crippen molar-refractivity contribution in [2.45, 2.75) is 33.2 Å². The number of anilines is 1. The number of aryl methyl sites for hydroxylation is 2. The second kappa shape index (κ2) is 6.45. The Bertz CT molecular complexity index is 446. The summed E-state index contributed by atoms with van der Waals surface area (Å²) in [5.74, 6) is 0.0325. The summed E-state index contributed by atoms with van der Waals surface area (Å²) in [6.07, 6.45) is 0.910. The van der Waals surface area contributed by atoms with Crippen LogP contribution in [0.5, 0.6) is 0 Å². The van der Waals surface area contributed by atoms with Gasteiger partial charge in [0.15, 0.2) is 5.13 Å². The zero-order valence-corrected chi connectivity index (χ0v) is 12.6. The van der Waals surface area contributed by atoms with Crippen LogP contribution in [0.3, 0.4) is 0 Å². The van der Waals surface area contributed by atoms with E-state index in [0.29, 0.717) is 12.6 Å². The van der Waals surface area contributed by atoms with Gasteiger partial charge in [0.1, 0.15) is 0 Å². The SMILES string of the molecule is CCc1nc(NC(=O)CN2CCNC[C@H]2C)sc1C. The van der Waals surface area contributed by atoms with Crippen molar-refractivity contribution >= 4 is 22.4 Å². The molecule has 2 rings (SSSR count). The highest BCUT2D eigenvalue weighted by molar-refractivity contribution is 7.15. The van der Waals surface area contributed by atoms with Gasteiger partial charge in [0.25, 0.3) is 0 Å². The minimum Gasteiger partial charge on any atom is -0.314 e. The number of nitrogens with one attached hydrogen (secondary N) is 2. The van der Waals surface area contributed by atoms with Crippen LogP contribution in [0.2, 0.25) is 0 Å². The van der Waals surface area contributed by atoms with E-state index in [1.54, 1.807) is 11.3 Å². The molecular weight excluding hydrogens is 260 g/mol. The molecule has 0 unspecified atom stereocenters. The molecule has 1 aliphatic heterocycles. The van der Waals surface area contributed by atoms with Gasteiger partial charge in [-0.05, 0) is 20.3 Å². The highest BCUT2D eigenvalue weighted by Gasteiger charge is 2.20. The number of carbonyl (C=O) groups excluding carboxylic acids is 1. The lowest BCUT2D eigenvalue weighted by molar-refractivity contribution is -0.118. The molecule has 6 heteroatoms. The van der Waals surface area contributed by atoms with Gasteiger partial charge in [-0.15, -0.1) is 11.3 Å². The lowest BCUT2D eigenvalue weighted by atomic mass is 10.2. The number of rotatable bonds is 4. The summed E-state index contributed by atoms with van der Waals surface area (Å²) in [5, 5.41) is 6.96. The number of amides is 1. The Balaban J connectivity index is 1.89. The Morgan fingerprint density at radius 1 is 1.63 bits per heavy atom. The largest absolute Gasteiger partial charge is 0.314 e. The topological polar surface area (TPSA) is 57.3 Å². The van der Waals surface area contributed by atoms with Gasteiger partial charge >= 0.3 is 0 Å². The summed E-state index contributed by atoms with van der Waals surface area (Å²) in [6.45, 7) is 9.54. The quantitative estimate of drug-likeness (QED) is 0.872. The number of thiazole rings is 1. The molecule has 1 atom stereocenters. The normalized spacial score (nSPS) is 20.5. The van der Waals surface area contributed by atoms with Crippen LogP contribution in [0.4, 0.5) is 5.13 Å². The maximum absolute atomic E-state index is 12.0. The molecule has 5 nitrogen and oxygen atoms in total. The predicted octanol–water partition coefficient (Wildman–Crippen LogP) is 1.25. The molecule has 1 amide bonds. The van der Waals surface area contributed by atoms with E-state index in [4.69, 9.17) is 0 Å². The Labute approximate surface area is 118 Å². The van der Waals surface area contributed by atoms with Gasteiger partial charge in [-0.25, -0.2) is 4.98 Å². The van der Waals surface area contributed by atoms with Crippen molar-refractivity contribution in [3.05, 3.63) is 10.6 Å². The minimum absolute atomic E-state index is 0.0325. The van der Waals surface area contributed by atoms with Crippen molar-refractivity contribution in [3.8, 4) is 0 Å². The number of hydrogen-bond acceptors (Lipinski definition) is 5. The fraction of sp³-hybridized carbons (Fsp3) is 0.692. The van der Waals surface area contributed by atoms with E-state index in [0.717, 1.165) is 36.9 Å². The lowest BCUT2D eigenvalue weighted by Gasteiger charge is -2.33. The second-order valence-corrected chi connectivity index (χ2v) is 6.15. The van der Waals surface area contributed by atoms with Crippen LogP contribution >= 0.6 is 11.3 Å².